The van der Waals surface area contributed by atoms with Gasteiger partial charge in [-0.15, -0.1) is 0 Å². The van der Waals surface area contributed by atoms with Gasteiger partial charge in [-0.2, -0.15) is 0 Å². The molecule has 116 valence electrons. The summed E-state index contributed by atoms with van der Waals surface area (Å²) in [6, 6.07) is 7.13. The van der Waals surface area contributed by atoms with Gasteiger partial charge in [0.05, 0.1) is 13.2 Å². The molecule has 0 heterocycles. The van der Waals surface area contributed by atoms with Gasteiger partial charge in [-0.25, -0.2) is 0 Å². The van der Waals surface area contributed by atoms with Crippen molar-refractivity contribution >= 4 is 17.6 Å². The molecule has 0 atom stereocenters. The van der Waals surface area contributed by atoms with Crippen LogP contribution in [0.2, 0.25) is 0 Å². The van der Waals surface area contributed by atoms with Crippen LogP contribution < -0.4 is 5.32 Å². The monoisotopic (exact) mass is 295 g/mol. The zero-order valence-electron chi connectivity index (χ0n) is 12.1. The van der Waals surface area contributed by atoms with Crippen LogP contribution in [0.1, 0.15) is 18.9 Å². The Kier molecular flexibility index (Phi) is 8.08. The van der Waals surface area contributed by atoms with Crippen molar-refractivity contribution in [3.8, 4) is 0 Å². The van der Waals surface area contributed by atoms with Crippen molar-refractivity contribution in [1.82, 2.24) is 0 Å². The van der Waals surface area contributed by atoms with Gasteiger partial charge >= 0.3 is 5.97 Å². The molecule has 6 nitrogen and oxygen atoms in total. The molecule has 21 heavy (non-hydrogen) atoms. The molecule has 0 saturated heterocycles. The van der Waals surface area contributed by atoms with E-state index in [1.54, 1.807) is 18.2 Å². The Labute approximate surface area is 124 Å². The average Bonchev–Trinajstić information content (AvgIpc) is 2.45. The molecule has 0 bridgehead atoms. The summed E-state index contributed by atoms with van der Waals surface area (Å²) in [5.74, 6) is -1.09. The quantitative estimate of drug-likeness (QED) is 0.642. The molecule has 0 aliphatic rings. The van der Waals surface area contributed by atoms with Crippen LogP contribution in [0.3, 0.4) is 0 Å². The highest BCUT2D eigenvalue weighted by Crippen LogP contribution is 2.12. The third kappa shape index (κ3) is 8.06. The fourth-order valence-electron chi connectivity index (χ4n) is 1.68. The van der Waals surface area contributed by atoms with Crippen molar-refractivity contribution in [2.45, 2.75) is 19.8 Å². The van der Waals surface area contributed by atoms with Crippen LogP contribution in [0.5, 0.6) is 0 Å². The van der Waals surface area contributed by atoms with E-state index in [0.29, 0.717) is 31.9 Å². The number of hydrogen-bond acceptors (Lipinski definition) is 4. The van der Waals surface area contributed by atoms with Gasteiger partial charge in [-0.3, -0.25) is 9.59 Å². The zero-order chi connectivity index (χ0) is 15.5. The Morgan fingerprint density at radius 3 is 2.71 bits per heavy atom. The molecule has 1 aromatic rings. The van der Waals surface area contributed by atoms with Crippen molar-refractivity contribution in [1.29, 1.82) is 0 Å². The molecule has 1 aromatic carbocycles. The van der Waals surface area contributed by atoms with Crippen LogP contribution in [-0.2, 0) is 25.5 Å². The van der Waals surface area contributed by atoms with Gasteiger partial charge in [0.2, 0.25) is 5.91 Å². The lowest BCUT2D eigenvalue weighted by Crippen LogP contribution is -2.19. The maximum atomic E-state index is 11.7. The van der Waals surface area contributed by atoms with Crippen molar-refractivity contribution in [3.05, 3.63) is 29.8 Å². The summed E-state index contributed by atoms with van der Waals surface area (Å²) in [5, 5.41) is 11.4. The Morgan fingerprint density at radius 1 is 1.24 bits per heavy atom. The largest absolute Gasteiger partial charge is 0.481 e. The van der Waals surface area contributed by atoms with E-state index in [2.05, 4.69) is 5.32 Å². The number of benzene rings is 1. The summed E-state index contributed by atoms with van der Waals surface area (Å²) in [7, 11) is 0. The Balaban J connectivity index is 2.34. The van der Waals surface area contributed by atoms with Crippen LogP contribution in [0.4, 0.5) is 5.69 Å². The fraction of sp³-hybridized carbons (Fsp3) is 0.467. The molecular weight excluding hydrogens is 274 g/mol. The second kappa shape index (κ2) is 9.90. The first-order valence-electron chi connectivity index (χ1n) is 6.88. The summed E-state index contributed by atoms with van der Waals surface area (Å²) >= 11 is 0. The van der Waals surface area contributed by atoms with Gasteiger partial charge in [-0.1, -0.05) is 12.1 Å². The minimum atomic E-state index is -0.841. The zero-order valence-corrected chi connectivity index (χ0v) is 12.1. The van der Waals surface area contributed by atoms with Crippen molar-refractivity contribution in [2.24, 2.45) is 0 Å². The summed E-state index contributed by atoms with van der Waals surface area (Å²) in [5.41, 5.74) is 1.50. The van der Waals surface area contributed by atoms with E-state index < -0.39 is 5.97 Å². The van der Waals surface area contributed by atoms with Gasteiger partial charge in [0, 0.05) is 18.7 Å². The van der Waals surface area contributed by atoms with E-state index in [4.69, 9.17) is 14.6 Å². The molecule has 1 amide bonds. The van der Waals surface area contributed by atoms with Crippen LogP contribution in [0, 0.1) is 0 Å². The Bertz CT molecular complexity index is 461. The topological polar surface area (TPSA) is 84.9 Å². The van der Waals surface area contributed by atoms with E-state index >= 15 is 0 Å². The number of aryl methyl sites for hydroxylation is 1. The molecule has 0 unspecified atom stereocenters. The van der Waals surface area contributed by atoms with Gasteiger partial charge in [0.25, 0.3) is 0 Å². The first kappa shape index (κ1) is 17.1. The number of amides is 1. The van der Waals surface area contributed by atoms with E-state index in [-0.39, 0.29) is 18.9 Å². The molecule has 2 N–H and O–H groups in total. The number of hydrogen-bond donors (Lipinski definition) is 2. The normalized spacial score (nSPS) is 10.3. The first-order valence-corrected chi connectivity index (χ1v) is 6.88. The van der Waals surface area contributed by atoms with Crippen LogP contribution in [-0.4, -0.2) is 43.4 Å². The summed E-state index contributed by atoms with van der Waals surface area (Å²) in [4.78, 5) is 22.2. The van der Waals surface area contributed by atoms with Gasteiger partial charge < -0.3 is 19.9 Å². The Hall–Kier alpha value is -1.92. The molecule has 6 heteroatoms. The summed E-state index contributed by atoms with van der Waals surface area (Å²) < 4.78 is 10.3. The van der Waals surface area contributed by atoms with E-state index in [0.717, 1.165) is 5.56 Å². The minimum Gasteiger partial charge on any atom is -0.481 e. The summed E-state index contributed by atoms with van der Waals surface area (Å²) in [6.45, 7) is 3.32. The van der Waals surface area contributed by atoms with Gasteiger partial charge in [0.15, 0.2) is 0 Å². The van der Waals surface area contributed by atoms with E-state index in [9.17, 15) is 9.59 Å². The lowest BCUT2D eigenvalue weighted by molar-refractivity contribution is -0.137. The number of anilines is 1. The number of aliphatic carboxylic acids is 1. The molecule has 0 radical (unpaired) electrons. The molecule has 0 aliphatic carbocycles. The van der Waals surface area contributed by atoms with E-state index in [1.165, 1.54) is 0 Å². The SMILES string of the molecule is CCOCCOCC(=O)Nc1cccc(CCC(=O)O)c1. The van der Waals surface area contributed by atoms with Gasteiger partial charge in [-0.05, 0) is 31.0 Å². The number of rotatable bonds is 10. The predicted molar refractivity (Wildman–Crippen MR) is 78.3 cm³/mol. The maximum absolute atomic E-state index is 11.7. The van der Waals surface area contributed by atoms with Crippen LogP contribution in [0.15, 0.2) is 24.3 Å². The standard InChI is InChI=1S/C15H21NO5/c1-2-20-8-9-21-11-14(17)16-13-5-3-4-12(10-13)6-7-15(18)19/h3-5,10H,2,6-9,11H2,1H3,(H,16,17)(H,18,19). The first-order chi connectivity index (χ1) is 10.1. The second-order valence-electron chi connectivity index (χ2n) is 4.39. The highest BCUT2D eigenvalue weighted by atomic mass is 16.5. The van der Waals surface area contributed by atoms with Crippen molar-refractivity contribution in [3.63, 3.8) is 0 Å². The lowest BCUT2D eigenvalue weighted by atomic mass is 10.1. The number of ether oxygens (including phenoxy) is 2. The number of nitrogens with one attached hydrogen (secondary N) is 1. The smallest absolute Gasteiger partial charge is 0.303 e. The third-order valence-electron chi connectivity index (χ3n) is 2.65. The second-order valence-corrected chi connectivity index (χ2v) is 4.39. The highest BCUT2D eigenvalue weighted by molar-refractivity contribution is 5.91. The minimum absolute atomic E-state index is 0.0353. The number of carbonyl (C=O) groups is 2. The van der Waals surface area contributed by atoms with Crippen LogP contribution in [0.25, 0.3) is 0 Å². The maximum Gasteiger partial charge on any atom is 0.303 e. The molecule has 0 saturated carbocycles. The molecule has 0 aromatic heterocycles. The van der Waals surface area contributed by atoms with E-state index in [1.807, 2.05) is 13.0 Å². The fourth-order valence-corrected chi connectivity index (χ4v) is 1.68. The number of carboxylic acids is 1. The van der Waals surface area contributed by atoms with Crippen molar-refractivity contribution < 1.29 is 24.2 Å². The third-order valence-corrected chi connectivity index (χ3v) is 2.65. The predicted octanol–water partition coefficient (Wildman–Crippen LogP) is 1.70. The average molecular weight is 295 g/mol. The Morgan fingerprint density at radius 2 is 2.00 bits per heavy atom. The molecular formula is C15H21NO5. The van der Waals surface area contributed by atoms with Crippen LogP contribution >= 0.6 is 0 Å². The number of carbonyl (C=O) groups excluding carboxylic acids is 1. The summed E-state index contributed by atoms with van der Waals surface area (Å²) in [6.07, 6.45) is 0.502. The molecule has 0 spiro atoms. The van der Waals surface area contributed by atoms with Gasteiger partial charge in [0.1, 0.15) is 6.61 Å². The van der Waals surface area contributed by atoms with Crippen molar-refractivity contribution in [2.75, 3.05) is 31.7 Å². The molecule has 0 fully saturated rings. The lowest BCUT2D eigenvalue weighted by Gasteiger charge is -2.08. The number of carboxylic acid groups (broad SMARTS) is 1. The highest BCUT2D eigenvalue weighted by Gasteiger charge is 2.04. The molecule has 1 rings (SSSR count). The molecule has 0 aliphatic heterocycles.